The Labute approximate surface area is 781 Å². The van der Waals surface area contributed by atoms with Gasteiger partial charge in [-0.05, 0) is 294 Å². The number of hydrogen-bond acceptors (Lipinski definition) is 0. The van der Waals surface area contributed by atoms with Gasteiger partial charge in [0.25, 0.3) is 0 Å². The highest BCUT2D eigenvalue weighted by Crippen LogP contribution is 2.55. The average molecular weight is 2760 g/mol. The molecule has 0 atom stereocenters. The number of benzene rings is 10. The van der Waals surface area contributed by atoms with Crippen LogP contribution in [-0.4, -0.2) is 37.2 Å². The normalized spacial score (nSPS) is 13.1. The van der Waals surface area contributed by atoms with Gasteiger partial charge in [-0.25, -0.2) is 0 Å². The fraction of sp³-hybridized carbons (Fsp3) is 0.259. The van der Waals surface area contributed by atoms with Crippen LogP contribution in [0, 0.1) is 14.3 Å². The van der Waals surface area contributed by atoms with Gasteiger partial charge in [-0.2, -0.15) is 0 Å². The molecule has 0 heterocycles. The second-order valence-corrected chi connectivity index (χ2v) is 64.3. The molecule has 0 nitrogen and oxygen atoms in total. The number of rotatable bonds is 4. The van der Waals surface area contributed by atoms with Crippen molar-refractivity contribution in [1.29, 1.82) is 0 Å². The van der Waals surface area contributed by atoms with Crippen molar-refractivity contribution in [3.05, 3.63) is 248 Å². The number of halogens is 17. The van der Waals surface area contributed by atoms with Crippen LogP contribution in [0.1, 0.15) is 76.9 Å². The van der Waals surface area contributed by atoms with Crippen LogP contribution in [0.5, 0.6) is 0 Å². The fourth-order valence-corrected chi connectivity index (χ4v) is 30.0. The lowest BCUT2D eigenvalue weighted by molar-refractivity contribution is 0.659. The zero-order valence-electron chi connectivity index (χ0n) is 58.5. The molecule has 0 bridgehead atoms. The zero-order valence-corrected chi connectivity index (χ0v) is 92.0. The lowest BCUT2D eigenvalue weighted by Gasteiger charge is -2.22. The first-order chi connectivity index (χ1) is 47.1. The van der Waals surface area contributed by atoms with E-state index in [0.29, 0.717) is 0 Å². The molecule has 0 amide bonds. The third-order valence-corrected chi connectivity index (χ3v) is 35.4. The monoisotopic (exact) mass is 2750 g/mol. The van der Waals surface area contributed by atoms with Crippen molar-refractivity contribution in [3.63, 3.8) is 0 Å². The van der Waals surface area contributed by atoms with E-state index >= 15 is 0 Å². The first-order valence-corrected chi connectivity index (χ1v) is 63.6. The molecule has 21 heteroatoms. The number of alkyl halides is 1. The number of hydrogen-bond donors (Lipinski definition) is 0. The molecule has 0 aliphatic heterocycles. The molecule has 0 unspecified atom stereocenters. The Hall–Kier alpha value is 2.54. The predicted octanol–water partition coefficient (Wildman–Crippen LogP) is 32.5. The van der Waals surface area contributed by atoms with Crippen molar-refractivity contribution in [2.45, 2.75) is 131 Å². The number of fused-ring (bicyclic) bond motifs is 15. The van der Waals surface area contributed by atoms with Crippen LogP contribution in [-0.2, 0) is 31.1 Å². The van der Waals surface area contributed by atoms with Gasteiger partial charge in [0.2, 0.25) is 0 Å². The third kappa shape index (κ3) is 20.2. The maximum Gasteiger partial charge on any atom is 0.0776 e. The first-order valence-electron chi connectivity index (χ1n) is 32.5. The summed E-state index contributed by atoms with van der Waals surface area (Å²) in [6.07, 6.45) is 4.22. The molecule has 15 rings (SSSR count). The van der Waals surface area contributed by atoms with E-state index in [2.05, 4.69) is 507 Å². The summed E-state index contributed by atoms with van der Waals surface area (Å²) in [6.45, 7) is 33.6. The molecule has 0 N–H and O–H groups in total. The minimum Gasteiger partial charge on any atom is -0.0901 e. The van der Waals surface area contributed by atoms with Crippen LogP contribution in [0.15, 0.2) is 178 Å². The lowest BCUT2D eigenvalue weighted by atomic mass is 9.82. The van der Waals surface area contributed by atoms with Gasteiger partial charge in [0.1, 0.15) is 0 Å². The summed E-state index contributed by atoms with van der Waals surface area (Å²) in [5.74, 6) is 0. The molecule has 0 saturated carbocycles. The highest BCUT2D eigenvalue weighted by atomic mass is 127. The summed E-state index contributed by atoms with van der Waals surface area (Å²) in [7, 11) is -0.592. The van der Waals surface area contributed by atoms with Gasteiger partial charge in [-0.3, -0.25) is 0 Å². The van der Waals surface area contributed by atoms with Crippen LogP contribution in [0.2, 0.25) is 78.6 Å². The Kier molecular flexibility index (Phi) is 32.3. The Bertz CT molecular complexity index is 4480. The van der Waals surface area contributed by atoms with Crippen molar-refractivity contribution in [1.82, 2.24) is 0 Å². The summed E-state index contributed by atoms with van der Waals surface area (Å²) in [6, 6.07) is 50.2. The van der Waals surface area contributed by atoms with Crippen molar-refractivity contribution in [2.75, 3.05) is 4.93 Å². The standard InChI is InChI=1S/2C19H24Br2Si2.C15H10Br2I2.C13H6Br2I2.C13H8Br2.CH3I.CH4.ClI/c2*1-22(2,3)14-8-12-7-13-9-15(23(4,5)6)11-17(21)19(13)18(12)16(20)10-14;1-15(2)9-3-7(18)5-11(16)13(9)14-10(15)4-8(19)6-12(14)17;14-10-4-8(16)2-6-1-7-3-9(17)5-11(15)13(7)12(6)10;14-10-1-3-12-8(6-10)5-9-7-11(15)2-4-13(9)12;1-2;;1-2/h2*8-11H,7H2,1-6H3;3-6H,1-2H3;2-5H,1H2;1-4,6-7H,5H2;1H3;1H4;. The molecule has 0 aromatic heterocycles. The van der Waals surface area contributed by atoms with E-state index in [0.717, 1.165) is 34.6 Å². The van der Waals surface area contributed by atoms with E-state index in [-0.39, 0.29) is 12.8 Å². The lowest BCUT2D eigenvalue weighted by Crippen LogP contribution is -2.37. The summed E-state index contributed by atoms with van der Waals surface area (Å²) in [5.41, 5.74) is 28.2. The summed E-state index contributed by atoms with van der Waals surface area (Å²) in [5, 5.41) is 6.16. The highest BCUT2D eigenvalue weighted by Gasteiger charge is 2.39. The van der Waals surface area contributed by atoms with E-state index < -0.39 is 32.3 Å². The van der Waals surface area contributed by atoms with Gasteiger partial charge in [0, 0.05) is 130 Å². The molecular formula is C81H79Br10ClI6Si4. The third-order valence-electron chi connectivity index (χ3n) is 18.8. The Morgan fingerprint density at radius 3 is 0.735 bits per heavy atom. The summed E-state index contributed by atoms with van der Waals surface area (Å²) >= 11 is 50.6. The molecule has 0 saturated heterocycles. The second kappa shape index (κ2) is 36.6. The van der Waals surface area contributed by atoms with Gasteiger partial charge in [0.15, 0.2) is 0 Å². The maximum atomic E-state index is 4.61. The van der Waals surface area contributed by atoms with E-state index in [9.17, 15) is 0 Å². The quantitative estimate of drug-likeness (QED) is 0.0936. The van der Waals surface area contributed by atoms with Gasteiger partial charge in [-0.1, -0.05) is 339 Å². The smallest absolute Gasteiger partial charge is 0.0776 e. The molecular weight excluding hydrogens is 2680 g/mol. The molecule has 538 valence electrons. The van der Waals surface area contributed by atoms with Crippen molar-refractivity contribution in [3.8, 4) is 55.6 Å². The Balaban J connectivity index is 0.000000160. The molecule has 0 fully saturated rings. The van der Waals surface area contributed by atoms with E-state index in [1.54, 1.807) is 21.5 Å². The first kappa shape index (κ1) is 90.1. The van der Waals surface area contributed by atoms with Gasteiger partial charge in [-0.15, -0.1) is 0 Å². The minimum atomic E-state index is -1.30. The van der Waals surface area contributed by atoms with Gasteiger partial charge in [0.05, 0.1) is 32.3 Å². The fourth-order valence-electron chi connectivity index (χ4n) is 13.7. The van der Waals surface area contributed by atoms with Crippen LogP contribution in [0.25, 0.3) is 55.6 Å². The minimum absolute atomic E-state index is 0. The molecule has 0 radical (unpaired) electrons. The van der Waals surface area contributed by atoms with Crippen LogP contribution in [0.4, 0.5) is 0 Å². The van der Waals surface area contributed by atoms with E-state index in [1.165, 1.54) is 182 Å². The predicted molar refractivity (Wildman–Crippen MR) is 549 cm³/mol. The summed E-state index contributed by atoms with van der Waals surface area (Å²) in [4.78, 5) is 1.97. The Morgan fingerprint density at radius 1 is 0.284 bits per heavy atom. The highest BCUT2D eigenvalue weighted by molar-refractivity contribution is 14.1. The molecule has 102 heavy (non-hydrogen) atoms. The molecule has 10 aromatic carbocycles. The summed E-state index contributed by atoms with van der Waals surface area (Å²) < 4.78 is 17.2. The van der Waals surface area contributed by atoms with Crippen molar-refractivity contribution < 1.29 is 0 Å². The van der Waals surface area contributed by atoms with Crippen LogP contribution in [0.3, 0.4) is 0 Å². The topological polar surface area (TPSA) is 0 Å². The van der Waals surface area contributed by atoms with Gasteiger partial charge < -0.3 is 0 Å². The Morgan fingerprint density at radius 2 is 0.490 bits per heavy atom. The SMILES string of the molecule is Brc1cc(I)cc2c1-c1c(Br)cc(I)cc1C2.Brc1ccc2c(c1)Cc1cc(Br)ccc1-2.C.CC1(C)c2cc(I)cc(Br)c2-c2c(Br)cc(I)cc21.CI.C[Si](C)(C)c1cc(Br)c2c(c1)Cc1cc([Si](C)(C)C)cc(Br)c1-2.C[Si](C)(C)c1cc(Br)c2c(c1)Cc1cc([Si](C)(C)C)cc(Br)c1-2.ClI. The zero-order chi connectivity index (χ0) is 74.8. The van der Waals surface area contributed by atoms with Crippen molar-refractivity contribution >= 4 is 356 Å². The maximum absolute atomic E-state index is 4.61. The largest absolute Gasteiger partial charge is 0.0901 e. The molecule has 5 aliphatic rings. The molecule has 5 aliphatic carbocycles. The van der Waals surface area contributed by atoms with E-state index in [1.807, 2.05) is 4.93 Å². The molecule has 0 spiro atoms. The molecule has 10 aromatic rings. The van der Waals surface area contributed by atoms with Crippen molar-refractivity contribution in [2.24, 2.45) is 0 Å². The van der Waals surface area contributed by atoms with E-state index in [4.69, 9.17) is 0 Å². The van der Waals surface area contributed by atoms with Crippen LogP contribution >= 0.6 is 303 Å². The average Bonchev–Trinajstić information content (AvgIpc) is 1.57. The second-order valence-electron chi connectivity index (χ2n) is 30.4. The van der Waals surface area contributed by atoms with Crippen LogP contribution < -0.4 is 20.7 Å². The van der Waals surface area contributed by atoms with Gasteiger partial charge >= 0.3 is 0 Å².